The molecule has 0 spiro atoms. The van der Waals surface area contributed by atoms with Gasteiger partial charge < -0.3 is 16.0 Å². The summed E-state index contributed by atoms with van der Waals surface area (Å²) >= 11 is 0. The first-order chi connectivity index (χ1) is 9.08. The van der Waals surface area contributed by atoms with Crippen LogP contribution in [0.2, 0.25) is 0 Å². The minimum atomic E-state index is 0.605. The van der Waals surface area contributed by atoms with Gasteiger partial charge in [0.15, 0.2) is 5.96 Å². The zero-order valence-electron chi connectivity index (χ0n) is 13.0. The molecule has 1 heterocycles. The van der Waals surface area contributed by atoms with E-state index in [1.807, 2.05) is 0 Å². The van der Waals surface area contributed by atoms with Crippen LogP contribution in [0.25, 0.3) is 0 Å². The summed E-state index contributed by atoms with van der Waals surface area (Å²) in [6.07, 6.45) is 4.95. The maximum atomic E-state index is 5.82. The van der Waals surface area contributed by atoms with Gasteiger partial charge in [-0.3, -0.25) is 4.99 Å². The van der Waals surface area contributed by atoms with Gasteiger partial charge in [-0.05, 0) is 57.2 Å². The molecule has 0 radical (unpaired) electrons. The van der Waals surface area contributed by atoms with E-state index in [0.29, 0.717) is 11.9 Å². The normalized spacial score (nSPS) is 19.1. The van der Waals surface area contributed by atoms with Crippen molar-refractivity contribution in [3.63, 3.8) is 0 Å². The number of guanidine groups is 1. The third-order valence-corrected chi connectivity index (χ3v) is 3.82. The Kier molecular flexibility index (Phi) is 7.87. The number of nitrogens with two attached hydrogens (primary N) is 1. The molecule has 1 rings (SSSR count). The van der Waals surface area contributed by atoms with Crippen molar-refractivity contribution in [1.29, 1.82) is 0 Å². The second-order valence-electron chi connectivity index (χ2n) is 6.25. The fraction of sp³-hybridized carbons (Fsp3) is 0.933. The molecule has 0 aromatic rings. The largest absolute Gasteiger partial charge is 0.370 e. The molecule has 0 aromatic heterocycles. The Morgan fingerprint density at radius 2 is 2.05 bits per heavy atom. The van der Waals surface area contributed by atoms with Crippen LogP contribution < -0.4 is 11.1 Å². The molecule has 19 heavy (non-hydrogen) atoms. The van der Waals surface area contributed by atoms with Crippen LogP contribution in [-0.2, 0) is 0 Å². The number of hydrogen-bond acceptors (Lipinski definition) is 2. The Hall–Kier alpha value is -0.770. The van der Waals surface area contributed by atoms with Gasteiger partial charge in [0.25, 0.3) is 0 Å². The third kappa shape index (κ3) is 8.09. The second kappa shape index (κ2) is 9.18. The van der Waals surface area contributed by atoms with Crippen molar-refractivity contribution < 1.29 is 0 Å². The quantitative estimate of drug-likeness (QED) is 0.422. The van der Waals surface area contributed by atoms with Crippen LogP contribution in [0.5, 0.6) is 0 Å². The monoisotopic (exact) mass is 268 g/mol. The van der Waals surface area contributed by atoms with Gasteiger partial charge in [-0.1, -0.05) is 20.8 Å². The Labute approximate surface area is 118 Å². The Balaban J connectivity index is 2.02. The summed E-state index contributed by atoms with van der Waals surface area (Å²) in [4.78, 5) is 6.93. The Bertz CT molecular complexity index is 255. The van der Waals surface area contributed by atoms with Crippen molar-refractivity contribution in [3.05, 3.63) is 0 Å². The average molecular weight is 268 g/mol. The number of hydrogen-bond donors (Lipinski definition) is 2. The third-order valence-electron chi connectivity index (χ3n) is 3.82. The van der Waals surface area contributed by atoms with E-state index in [0.717, 1.165) is 38.4 Å². The van der Waals surface area contributed by atoms with Gasteiger partial charge in [-0.25, -0.2) is 0 Å². The first-order valence-corrected chi connectivity index (χ1v) is 7.84. The van der Waals surface area contributed by atoms with Crippen molar-refractivity contribution in [2.75, 3.05) is 32.7 Å². The number of aliphatic imine (C=N–C) groups is 1. The number of nitrogens with one attached hydrogen (secondary N) is 1. The highest BCUT2D eigenvalue weighted by molar-refractivity contribution is 5.77. The molecular formula is C15H32N4. The zero-order chi connectivity index (χ0) is 14.1. The van der Waals surface area contributed by atoms with Crippen LogP contribution in [0.1, 0.15) is 46.5 Å². The van der Waals surface area contributed by atoms with Crippen LogP contribution in [0.3, 0.4) is 0 Å². The molecule has 3 N–H and O–H groups in total. The lowest BCUT2D eigenvalue weighted by atomic mass is 9.99. The fourth-order valence-electron chi connectivity index (χ4n) is 2.32. The van der Waals surface area contributed by atoms with Crippen molar-refractivity contribution in [1.82, 2.24) is 10.2 Å². The van der Waals surface area contributed by atoms with E-state index in [4.69, 9.17) is 5.73 Å². The zero-order valence-corrected chi connectivity index (χ0v) is 13.0. The second-order valence-corrected chi connectivity index (χ2v) is 6.25. The van der Waals surface area contributed by atoms with Crippen LogP contribution in [-0.4, -0.2) is 43.6 Å². The van der Waals surface area contributed by atoms with E-state index in [-0.39, 0.29) is 0 Å². The molecule has 1 aliphatic rings. The highest BCUT2D eigenvalue weighted by atomic mass is 15.1. The standard InChI is InChI=1S/C15H32N4/c1-13(2)5-9-18-15(16)17-8-4-10-19-11-6-14(3)7-12-19/h13-14H,4-12H2,1-3H3,(H3,16,17,18). The van der Waals surface area contributed by atoms with E-state index in [9.17, 15) is 0 Å². The number of nitrogens with zero attached hydrogens (tertiary/aromatic N) is 2. The summed E-state index contributed by atoms with van der Waals surface area (Å²) in [5.74, 6) is 2.23. The Morgan fingerprint density at radius 3 is 2.68 bits per heavy atom. The molecule has 0 amide bonds. The SMILES string of the molecule is CC(C)CCNC(N)=NCCCN1CCC(C)CC1. The summed E-state index contributed by atoms with van der Waals surface area (Å²) in [5.41, 5.74) is 5.82. The number of rotatable bonds is 7. The minimum Gasteiger partial charge on any atom is -0.370 e. The van der Waals surface area contributed by atoms with Gasteiger partial charge in [-0.2, -0.15) is 0 Å². The van der Waals surface area contributed by atoms with Gasteiger partial charge in [0, 0.05) is 13.1 Å². The van der Waals surface area contributed by atoms with E-state index < -0.39 is 0 Å². The predicted molar refractivity (Wildman–Crippen MR) is 83.4 cm³/mol. The van der Waals surface area contributed by atoms with Crippen molar-refractivity contribution in [3.8, 4) is 0 Å². The lowest BCUT2D eigenvalue weighted by molar-refractivity contribution is 0.192. The molecule has 0 aromatic carbocycles. The maximum absolute atomic E-state index is 5.82. The molecule has 0 bridgehead atoms. The molecule has 0 unspecified atom stereocenters. The molecule has 1 saturated heterocycles. The minimum absolute atomic E-state index is 0.605. The van der Waals surface area contributed by atoms with Crippen LogP contribution in [0.4, 0.5) is 0 Å². The molecule has 0 saturated carbocycles. The van der Waals surface area contributed by atoms with Crippen LogP contribution in [0, 0.1) is 11.8 Å². The highest BCUT2D eigenvalue weighted by Gasteiger charge is 2.14. The molecular weight excluding hydrogens is 236 g/mol. The molecule has 1 aliphatic heterocycles. The molecule has 0 atom stereocenters. The number of likely N-dealkylation sites (tertiary alicyclic amines) is 1. The molecule has 0 aliphatic carbocycles. The Morgan fingerprint density at radius 1 is 1.37 bits per heavy atom. The van der Waals surface area contributed by atoms with E-state index in [2.05, 4.69) is 36.0 Å². The lowest BCUT2D eigenvalue weighted by Gasteiger charge is -2.29. The first kappa shape index (κ1) is 16.3. The van der Waals surface area contributed by atoms with Gasteiger partial charge in [0.2, 0.25) is 0 Å². The number of piperidine rings is 1. The molecule has 4 nitrogen and oxygen atoms in total. The van der Waals surface area contributed by atoms with E-state index in [1.165, 1.54) is 25.9 Å². The summed E-state index contributed by atoms with van der Waals surface area (Å²) in [7, 11) is 0. The predicted octanol–water partition coefficient (Wildman–Crippen LogP) is 2.06. The summed E-state index contributed by atoms with van der Waals surface area (Å²) < 4.78 is 0. The van der Waals surface area contributed by atoms with Gasteiger partial charge >= 0.3 is 0 Å². The molecule has 1 fully saturated rings. The fourth-order valence-corrected chi connectivity index (χ4v) is 2.32. The molecule has 4 heteroatoms. The maximum Gasteiger partial charge on any atom is 0.188 e. The van der Waals surface area contributed by atoms with Crippen molar-refractivity contribution in [2.24, 2.45) is 22.6 Å². The van der Waals surface area contributed by atoms with E-state index >= 15 is 0 Å². The summed E-state index contributed by atoms with van der Waals surface area (Å²) in [6, 6.07) is 0. The van der Waals surface area contributed by atoms with Crippen molar-refractivity contribution >= 4 is 5.96 Å². The van der Waals surface area contributed by atoms with Crippen LogP contribution >= 0.6 is 0 Å². The average Bonchev–Trinajstić information content (AvgIpc) is 2.36. The lowest BCUT2D eigenvalue weighted by Crippen LogP contribution is -2.35. The first-order valence-electron chi connectivity index (χ1n) is 7.84. The van der Waals surface area contributed by atoms with Gasteiger partial charge in [-0.15, -0.1) is 0 Å². The summed E-state index contributed by atoms with van der Waals surface area (Å²) in [5, 5.41) is 3.17. The van der Waals surface area contributed by atoms with Gasteiger partial charge in [0.05, 0.1) is 0 Å². The topological polar surface area (TPSA) is 53.6 Å². The van der Waals surface area contributed by atoms with Crippen molar-refractivity contribution in [2.45, 2.75) is 46.5 Å². The van der Waals surface area contributed by atoms with Gasteiger partial charge in [0.1, 0.15) is 0 Å². The summed E-state index contributed by atoms with van der Waals surface area (Å²) in [6.45, 7) is 12.2. The van der Waals surface area contributed by atoms with E-state index in [1.54, 1.807) is 0 Å². The molecule has 112 valence electrons. The smallest absolute Gasteiger partial charge is 0.188 e. The highest BCUT2D eigenvalue weighted by Crippen LogP contribution is 2.15. The van der Waals surface area contributed by atoms with Crippen LogP contribution in [0.15, 0.2) is 4.99 Å².